The topological polar surface area (TPSA) is 72.3 Å². The average molecular weight is 437 g/mol. The Morgan fingerprint density at radius 2 is 2.03 bits per heavy atom. The molecule has 1 N–H and O–H groups in total. The van der Waals surface area contributed by atoms with Gasteiger partial charge < -0.3 is 14.9 Å². The molecule has 2 fully saturated rings. The van der Waals surface area contributed by atoms with Crippen molar-refractivity contribution < 1.29 is 23.1 Å². The van der Waals surface area contributed by atoms with E-state index in [1.54, 1.807) is 4.90 Å². The van der Waals surface area contributed by atoms with Crippen molar-refractivity contribution in [1.29, 1.82) is 0 Å². The Morgan fingerprint density at radius 1 is 1.23 bits per heavy atom. The second kappa shape index (κ2) is 8.58. The molecule has 0 saturated carbocycles. The summed E-state index contributed by atoms with van der Waals surface area (Å²) in [6, 6.07) is 2.54. The third kappa shape index (κ3) is 4.74. The number of aliphatic imine (C=N–C) groups is 1. The van der Waals surface area contributed by atoms with Gasteiger partial charge in [0.15, 0.2) is 0 Å². The number of β-amino-alcohol motifs (C(OH)–C–C–N with tert-alkyl or cyclic N) is 1. The molecule has 0 aliphatic carbocycles. The van der Waals surface area contributed by atoms with E-state index in [0.717, 1.165) is 17.8 Å². The van der Waals surface area contributed by atoms with E-state index in [1.807, 2.05) is 17.9 Å². The van der Waals surface area contributed by atoms with E-state index >= 15 is 0 Å². The molecule has 1 unspecified atom stereocenters. The number of aliphatic hydroxyl groups is 1. The molecule has 2 atom stereocenters. The normalized spacial score (nSPS) is 25.1. The van der Waals surface area contributed by atoms with E-state index in [2.05, 4.69) is 14.9 Å². The minimum Gasteiger partial charge on any atom is -0.391 e. The van der Waals surface area contributed by atoms with Crippen LogP contribution in [0.5, 0.6) is 0 Å². The molecular formula is C21H26F3N5O2. The number of hydrogen-bond donors (Lipinski definition) is 1. The number of aliphatic hydroxyl groups excluding tert-OH is 1. The minimum atomic E-state index is -4.39. The number of likely N-dealkylation sites (tertiary alicyclic amines) is 1. The van der Waals surface area contributed by atoms with Crippen molar-refractivity contribution in [3.63, 3.8) is 0 Å². The number of carbonyl (C=O) groups is 1. The molecule has 3 aliphatic rings. The number of amides is 1. The summed E-state index contributed by atoms with van der Waals surface area (Å²) in [6.45, 7) is 6.02. The highest BCUT2D eigenvalue weighted by Crippen LogP contribution is 2.30. The summed E-state index contributed by atoms with van der Waals surface area (Å²) in [4.78, 5) is 27.1. The number of carbonyl (C=O) groups excluding carboxylic acids is 1. The summed E-state index contributed by atoms with van der Waals surface area (Å²) in [7, 11) is 0. The van der Waals surface area contributed by atoms with Crippen molar-refractivity contribution in [2.75, 3.05) is 50.7 Å². The van der Waals surface area contributed by atoms with Gasteiger partial charge in [0.2, 0.25) is 0 Å². The maximum Gasteiger partial charge on any atom is 0.417 e. The fourth-order valence-corrected chi connectivity index (χ4v) is 4.35. The van der Waals surface area contributed by atoms with Crippen LogP contribution in [0.2, 0.25) is 0 Å². The molecule has 2 saturated heterocycles. The molecular weight excluding hydrogens is 411 g/mol. The van der Waals surface area contributed by atoms with E-state index in [9.17, 15) is 23.1 Å². The van der Waals surface area contributed by atoms with E-state index in [0.29, 0.717) is 63.8 Å². The number of hydrogen-bond acceptors (Lipinski definition) is 6. The van der Waals surface area contributed by atoms with Gasteiger partial charge in [-0.2, -0.15) is 13.2 Å². The molecule has 10 heteroatoms. The van der Waals surface area contributed by atoms with E-state index < -0.39 is 17.8 Å². The SMILES string of the molecule is C[C@@H]1CN(CC2=CCN=C2C(=O)N2CCC(O)C2)CCN1c1ccc(C(F)(F)F)cn1. The molecule has 0 bridgehead atoms. The highest BCUT2D eigenvalue weighted by atomic mass is 19.4. The number of piperazine rings is 1. The summed E-state index contributed by atoms with van der Waals surface area (Å²) in [5.41, 5.74) is 0.631. The molecule has 0 aromatic carbocycles. The predicted molar refractivity (Wildman–Crippen MR) is 110 cm³/mol. The Morgan fingerprint density at radius 3 is 2.65 bits per heavy atom. The lowest BCUT2D eigenvalue weighted by molar-refractivity contribution is -0.137. The first kappa shape index (κ1) is 21.8. The Bertz CT molecular complexity index is 884. The van der Waals surface area contributed by atoms with Crippen molar-refractivity contribution in [3.8, 4) is 0 Å². The smallest absolute Gasteiger partial charge is 0.391 e. The maximum absolute atomic E-state index is 12.8. The van der Waals surface area contributed by atoms with Crippen molar-refractivity contribution in [2.24, 2.45) is 4.99 Å². The zero-order valence-corrected chi connectivity index (χ0v) is 17.3. The first-order chi connectivity index (χ1) is 14.7. The quantitative estimate of drug-likeness (QED) is 0.775. The van der Waals surface area contributed by atoms with Crippen LogP contribution < -0.4 is 4.90 Å². The van der Waals surface area contributed by atoms with Gasteiger partial charge in [-0.25, -0.2) is 4.98 Å². The zero-order chi connectivity index (χ0) is 22.2. The van der Waals surface area contributed by atoms with Crippen molar-refractivity contribution >= 4 is 17.4 Å². The molecule has 0 radical (unpaired) electrons. The van der Waals surface area contributed by atoms with Gasteiger partial charge in [-0.15, -0.1) is 0 Å². The van der Waals surface area contributed by atoms with Gasteiger partial charge in [0.1, 0.15) is 11.5 Å². The van der Waals surface area contributed by atoms with E-state index in [4.69, 9.17) is 0 Å². The third-order valence-corrected chi connectivity index (χ3v) is 6.02. The number of pyridine rings is 1. The number of anilines is 1. The van der Waals surface area contributed by atoms with E-state index in [1.165, 1.54) is 6.07 Å². The van der Waals surface area contributed by atoms with Gasteiger partial charge in [-0.05, 0) is 31.1 Å². The summed E-state index contributed by atoms with van der Waals surface area (Å²) in [5, 5.41) is 9.70. The lowest BCUT2D eigenvalue weighted by atomic mass is 10.1. The van der Waals surface area contributed by atoms with Crippen molar-refractivity contribution in [1.82, 2.24) is 14.8 Å². The van der Waals surface area contributed by atoms with Gasteiger partial charge in [0.05, 0.1) is 18.2 Å². The van der Waals surface area contributed by atoms with Crippen LogP contribution in [0.4, 0.5) is 19.0 Å². The molecule has 4 rings (SSSR count). The molecule has 7 nitrogen and oxygen atoms in total. The summed E-state index contributed by atoms with van der Waals surface area (Å²) >= 11 is 0. The number of nitrogens with zero attached hydrogens (tertiary/aromatic N) is 5. The Labute approximate surface area is 178 Å². The van der Waals surface area contributed by atoms with Crippen molar-refractivity contribution in [2.45, 2.75) is 31.7 Å². The van der Waals surface area contributed by atoms with Crippen LogP contribution in [-0.4, -0.2) is 89.5 Å². The number of aromatic nitrogens is 1. The van der Waals surface area contributed by atoms with Crippen LogP contribution in [0.25, 0.3) is 0 Å². The second-order valence-electron chi connectivity index (χ2n) is 8.29. The second-order valence-corrected chi connectivity index (χ2v) is 8.29. The van der Waals surface area contributed by atoms with Gasteiger partial charge in [-0.1, -0.05) is 6.08 Å². The van der Waals surface area contributed by atoms with Gasteiger partial charge in [-0.3, -0.25) is 14.7 Å². The fraction of sp³-hybridized carbons (Fsp3) is 0.571. The Kier molecular flexibility index (Phi) is 6.02. The molecule has 4 heterocycles. The highest BCUT2D eigenvalue weighted by Gasteiger charge is 2.33. The molecule has 31 heavy (non-hydrogen) atoms. The van der Waals surface area contributed by atoms with Crippen LogP contribution in [0.15, 0.2) is 35.0 Å². The lowest BCUT2D eigenvalue weighted by Gasteiger charge is -2.40. The molecule has 3 aliphatic heterocycles. The van der Waals surface area contributed by atoms with Crippen LogP contribution in [0.1, 0.15) is 18.9 Å². The molecule has 1 aromatic rings. The van der Waals surface area contributed by atoms with Crippen LogP contribution in [-0.2, 0) is 11.0 Å². The lowest BCUT2D eigenvalue weighted by Crippen LogP contribution is -2.53. The van der Waals surface area contributed by atoms with Gasteiger partial charge in [0, 0.05) is 51.5 Å². The first-order valence-corrected chi connectivity index (χ1v) is 10.5. The Balaban J connectivity index is 1.35. The Hall–Kier alpha value is -2.46. The summed E-state index contributed by atoms with van der Waals surface area (Å²) in [6.07, 6.45) is -1.43. The largest absolute Gasteiger partial charge is 0.417 e. The van der Waals surface area contributed by atoms with Gasteiger partial charge in [0.25, 0.3) is 5.91 Å². The maximum atomic E-state index is 12.8. The van der Waals surface area contributed by atoms with Crippen LogP contribution in [0.3, 0.4) is 0 Å². The third-order valence-electron chi connectivity index (χ3n) is 6.02. The summed E-state index contributed by atoms with van der Waals surface area (Å²) in [5.74, 6) is 0.409. The van der Waals surface area contributed by atoms with Gasteiger partial charge >= 0.3 is 6.18 Å². The monoisotopic (exact) mass is 437 g/mol. The standard InChI is InChI=1S/C21H26F3N5O2/c1-14-11-27(8-9-29(14)18-3-2-16(10-26-18)21(22,23)24)12-15-4-6-25-19(15)20(31)28-7-5-17(30)13-28/h2-4,10,14,17,30H,5-9,11-13H2,1H3/t14-,17?/m1/s1. The molecule has 1 amide bonds. The number of alkyl halides is 3. The van der Waals surface area contributed by atoms with Crippen LogP contribution in [0, 0.1) is 0 Å². The zero-order valence-electron chi connectivity index (χ0n) is 17.3. The van der Waals surface area contributed by atoms with E-state index in [-0.39, 0.29) is 11.9 Å². The van der Waals surface area contributed by atoms with Crippen LogP contribution >= 0.6 is 0 Å². The average Bonchev–Trinajstić information content (AvgIpc) is 3.36. The molecule has 0 spiro atoms. The number of halogens is 3. The minimum absolute atomic E-state index is 0.0600. The predicted octanol–water partition coefficient (Wildman–Crippen LogP) is 1.59. The number of rotatable bonds is 4. The fourth-order valence-electron chi connectivity index (χ4n) is 4.35. The molecule has 168 valence electrons. The highest BCUT2D eigenvalue weighted by molar-refractivity contribution is 6.46. The molecule has 1 aromatic heterocycles. The first-order valence-electron chi connectivity index (χ1n) is 10.5. The van der Waals surface area contributed by atoms with Crippen molar-refractivity contribution in [3.05, 3.63) is 35.5 Å². The summed E-state index contributed by atoms with van der Waals surface area (Å²) < 4.78 is 38.3.